The fourth-order valence-electron chi connectivity index (χ4n) is 3.06. The molecule has 3 rings (SSSR count). The van der Waals surface area contributed by atoms with Crippen LogP contribution in [0.5, 0.6) is 11.6 Å². The van der Waals surface area contributed by atoms with E-state index in [0.29, 0.717) is 12.8 Å². The Morgan fingerprint density at radius 2 is 2.00 bits per heavy atom. The van der Waals surface area contributed by atoms with E-state index in [9.17, 15) is 27.2 Å². The van der Waals surface area contributed by atoms with E-state index in [1.54, 1.807) is 0 Å². The van der Waals surface area contributed by atoms with Crippen LogP contribution in [-0.2, 0) is 9.59 Å². The summed E-state index contributed by atoms with van der Waals surface area (Å²) in [6.45, 7) is -0.0481. The molecule has 0 bridgehead atoms. The van der Waals surface area contributed by atoms with Crippen molar-refractivity contribution in [3.05, 3.63) is 47.2 Å². The quantitative estimate of drug-likeness (QED) is 0.516. The van der Waals surface area contributed by atoms with Crippen molar-refractivity contribution in [3.8, 4) is 11.6 Å². The standard InChI is InChI=1S/C20H19ClF4N4O4/c21-13-6-5-12(8-14(13)22)32-10-17(30)27-11-4-7-15(26-9-11)19(31)29-16-2-1-3-18(28-16)33-20(23,24)25/h1-3,5-6,8,11,15,26H,4,7,9-10H2,(H,27,30)(H,28,29,31). The molecule has 1 aromatic heterocycles. The van der Waals surface area contributed by atoms with Gasteiger partial charge in [0, 0.05) is 24.7 Å². The summed E-state index contributed by atoms with van der Waals surface area (Å²) in [7, 11) is 0. The zero-order valence-electron chi connectivity index (χ0n) is 16.9. The third kappa shape index (κ3) is 7.75. The van der Waals surface area contributed by atoms with Crippen molar-refractivity contribution >= 4 is 29.2 Å². The summed E-state index contributed by atoms with van der Waals surface area (Å²) in [4.78, 5) is 28.0. The monoisotopic (exact) mass is 490 g/mol. The van der Waals surface area contributed by atoms with Gasteiger partial charge in [-0.2, -0.15) is 4.98 Å². The zero-order chi connectivity index (χ0) is 24.0. The molecule has 178 valence electrons. The summed E-state index contributed by atoms with van der Waals surface area (Å²) < 4.78 is 59.3. The maximum atomic E-state index is 13.4. The first-order chi connectivity index (χ1) is 15.6. The number of carbonyl (C=O) groups excluding carboxylic acids is 2. The average Bonchev–Trinajstić information content (AvgIpc) is 2.74. The number of aromatic nitrogens is 1. The second-order valence-electron chi connectivity index (χ2n) is 7.07. The SMILES string of the molecule is O=C(COc1ccc(Cl)c(F)c1)NC1CCC(C(=O)Nc2cccc(OC(F)(F)F)n2)NC1. The van der Waals surface area contributed by atoms with Crippen molar-refractivity contribution in [2.45, 2.75) is 31.3 Å². The van der Waals surface area contributed by atoms with Gasteiger partial charge in [0.15, 0.2) is 6.61 Å². The number of benzene rings is 1. The highest BCUT2D eigenvalue weighted by atomic mass is 35.5. The van der Waals surface area contributed by atoms with E-state index in [0.717, 1.165) is 12.1 Å². The largest absolute Gasteiger partial charge is 0.574 e. The molecule has 0 spiro atoms. The van der Waals surface area contributed by atoms with Crippen LogP contribution >= 0.6 is 11.6 Å². The summed E-state index contributed by atoms with van der Waals surface area (Å²) in [6, 6.07) is 6.54. The minimum atomic E-state index is -4.89. The summed E-state index contributed by atoms with van der Waals surface area (Å²) >= 11 is 5.59. The Morgan fingerprint density at radius 3 is 2.67 bits per heavy atom. The molecule has 1 aliphatic rings. The molecule has 3 N–H and O–H groups in total. The number of hydrogen-bond acceptors (Lipinski definition) is 6. The summed E-state index contributed by atoms with van der Waals surface area (Å²) in [5, 5.41) is 8.08. The Labute approximate surface area is 190 Å². The maximum absolute atomic E-state index is 13.4. The molecule has 1 fully saturated rings. The van der Waals surface area contributed by atoms with Gasteiger partial charge in [0.2, 0.25) is 11.8 Å². The first-order valence-electron chi connectivity index (χ1n) is 9.73. The van der Waals surface area contributed by atoms with Gasteiger partial charge in [-0.1, -0.05) is 17.7 Å². The van der Waals surface area contributed by atoms with Crippen molar-refractivity contribution in [1.29, 1.82) is 0 Å². The van der Waals surface area contributed by atoms with Crippen LogP contribution in [-0.4, -0.2) is 48.4 Å². The van der Waals surface area contributed by atoms with Gasteiger partial charge in [0.1, 0.15) is 17.4 Å². The summed E-state index contributed by atoms with van der Waals surface area (Å²) in [6.07, 6.45) is -4.06. The Hall–Kier alpha value is -3.12. The van der Waals surface area contributed by atoms with Crippen LogP contribution in [0.4, 0.5) is 23.4 Å². The number of alkyl halides is 3. The first kappa shape index (κ1) is 24.5. The van der Waals surface area contributed by atoms with Gasteiger partial charge in [-0.3, -0.25) is 9.59 Å². The molecule has 0 aliphatic carbocycles. The predicted octanol–water partition coefficient (Wildman–Crippen LogP) is 3.03. The van der Waals surface area contributed by atoms with E-state index in [1.807, 2.05) is 0 Å². The fraction of sp³-hybridized carbons (Fsp3) is 0.350. The number of halogens is 5. The van der Waals surface area contributed by atoms with Crippen molar-refractivity contribution in [3.63, 3.8) is 0 Å². The van der Waals surface area contributed by atoms with Gasteiger partial charge < -0.3 is 25.4 Å². The highest BCUT2D eigenvalue weighted by Gasteiger charge is 2.32. The lowest BCUT2D eigenvalue weighted by Gasteiger charge is -2.29. The predicted molar refractivity (Wildman–Crippen MR) is 109 cm³/mol. The van der Waals surface area contributed by atoms with Gasteiger partial charge in [-0.15, -0.1) is 13.2 Å². The molecule has 13 heteroatoms. The average molecular weight is 491 g/mol. The third-order valence-electron chi connectivity index (χ3n) is 4.55. The number of nitrogens with zero attached hydrogens (tertiary/aromatic N) is 1. The number of piperidine rings is 1. The van der Waals surface area contributed by atoms with Gasteiger partial charge >= 0.3 is 6.36 Å². The second-order valence-corrected chi connectivity index (χ2v) is 7.47. The molecule has 1 saturated heterocycles. The Balaban J connectivity index is 1.42. The number of amides is 2. The van der Waals surface area contributed by atoms with E-state index in [2.05, 4.69) is 25.7 Å². The van der Waals surface area contributed by atoms with E-state index in [-0.39, 0.29) is 35.8 Å². The molecule has 1 aromatic carbocycles. The normalized spacial score (nSPS) is 18.3. The molecule has 1 aliphatic heterocycles. The molecule has 0 saturated carbocycles. The lowest BCUT2D eigenvalue weighted by Crippen LogP contribution is -2.53. The minimum absolute atomic E-state index is 0.0585. The Morgan fingerprint density at radius 1 is 1.21 bits per heavy atom. The molecule has 2 unspecified atom stereocenters. The van der Waals surface area contributed by atoms with Gasteiger partial charge in [0.05, 0.1) is 11.1 Å². The Bertz CT molecular complexity index is 1000. The van der Waals surface area contributed by atoms with Crippen LogP contribution in [0.15, 0.2) is 36.4 Å². The van der Waals surface area contributed by atoms with Crippen LogP contribution < -0.4 is 25.4 Å². The van der Waals surface area contributed by atoms with Crippen LogP contribution in [0.2, 0.25) is 5.02 Å². The molecular formula is C20H19ClF4N4O4. The van der Waals surface area contributed by atoms with E-state index >= 15 is 0 Å². The number of ether oxygens (including phenoxy) is 2. The molecule has 0 radical (unpaired) electrons. The van der Waals surface area contributed by atoms with Crippen LogP contribution in [0.3, 0.4) is 0 Å². The number of carbonyl (C=O) groups is 2. The molecule has 2 amide bonds. The number of rotatable bonds is 7. The Kier molecular flexibility index (Phi) is 7.92. The van der Waals surface area contributed by atoms with Gasteiger partial charge in [0.25, 0.3) is 5.91 Å². The molecule has 2 aromatic rings. The highest BCUT2D eigenvalue weighted by Crippen LogP contribution is 2.22. The maximum Gasteiger partial charge on any atom is 0.574 e. The van der Waals surface area contributed by atoms with Crippen molar-refractivity contribution in [1.82, 2.24) is 15.6 Å². The number of nitrogens with one attached hydrogen (secondary N) is 3. The van der Waals surface area contributed by atoms with Crippen LogP contribution in [0.25, 0.3) is 0 Å². The molecule has 8 nitrogen and oxygen atoms in total. The van der Waals surface area contributed by atoms with Gasteiger partial charge in [-0.05, 0) is 31.0 Å². The topological polar surface area (TPSA) is 102 Å². The fourth-order valence-corrected chi connectivity index (χ4v) is 3.18. The van der Waals surface area contributed by atoms with Crippen LogP contribution in [0.1, 0.15) is 12.8 Å². The van der Waals surface area contributed by atoms with E-state index in [4.69, 9.17) is 16.3 Å². The third-order valence-corrected chi connectivity index (χ3v) is 4.86. The van der Waals surface area contributed by atoms with Crippen molar-refractivity contribution in [2.24, 2.45) is 0 Å². The lowest BCUT2D eigenvalue weighted by atomic mass is 10.00. The molecule has 33 heavy (non-hydrogen) atoms. The number of pyridine rings is 1. The van der Waals surface area contributed by atoms with Crippen molar-refractivity contribution < 1.29 is 36.6 Å². The van der Waals surface area contributed by atoms with Crippen LogP contribution in [0, 0.1) is 5.82 Å². The van der Waals surface area contributed by atoms with E-state index in [1.165, 1.54) is 24.3 Å². The first-order valence-corrected chi connectivity index (χ1v) is 10.1. The zero-order valence-corrected chi connectivity index (χ0v) is 17.7. The highest BCUT2D eigenvalue weighted by molar-refractivity contribution is 6.30. The summed E-state index contributed by atoms with van der Waals surface area (Å²) in [5.41, 5.74) is 0. The van der Waals surface area contributed by atoms with E-state index < -0.39 is 35.9 Å². The smallest absolute Gasteiger partial charge is 0.484 e. The minimum Gasteiger partial charge on any atom is -0.484 e. The molecular weight excluding hydrogens is 472 g/mol. The number of anilines is 1. The van der Waals surface area contributed by atoms with Crippen molar-refractivity contribution in [2.75, 3.05) is 18.5 Å². The summed E-state index contributed by atoms with van der Waals surface area (Å²) in [5.74, 6) is -2.19. The lowest BCUT2D eigenvalue weighted by molar-refractivity contribution is -0.276. The second kappa shape index (κ2) is 10.7. The number of hydrogen-bond donors (Lipinski definition) is 3. The van der Waals surface area contributed by atoms with Gasteiger partial charge in [-0.25, -0.2) is 4.39 Å². The molecule has 2 heterocycles. The molecule has 2 atom stereocenters.